The number of rotatable bonds is 4. The number of anilines is 1. The molecule has 0 bridgehead atoms. The molecule has 100 valence electrons. The summed E-state index contributed by atoms with van der Waals surface area (Å²) in [6.07, 6.45) is 0. The molecule has 0 saturated carbocycles. The lowest BCUT2D eigenvalue weighted by atomic mass is 10.1. The fourth-order valence-electron chi connectivity index (χ4n) is 1.78. The summed E-state index contributed by atoms with van der Waals surface area (Å²) >= 11 is 0. The van der Waals surface area contributed by atoms with Gasteiger partial charge in [0.15, 0.2) is 6.61 Å². The van der Waals surface area contributed by atoms with Crippen molar-refractivity contribution in [2.75, 3.05) is 11.9 Å². The molecular formula is C16H14N2O2. The molecule has 0 fully saturated rings. The van der Waals surface area contributed by atoms with Gasteiger partial charge >= 0.3 is 0 Å². The number of benzene rings is 2. The molecule has 0 atom stereocenters. The highest BCUT2D eigenvalue weighted by Gasteiger charge is 2.08. The Morgan fingerprint density at radius 2 is 1.90 bits per heavy atom. The van der Waals surface area contributed by atoms with E-state index in [9.17, 15) is 4.79 Å². The molecule has 0 aromatic heterocycles. The second-order valence-electron chi connectivity index (χ2n) is 4.24. The predicted octanol–water partition coefficient (Wildman–Crippen LogP) is 3.15. The van der Waals surface area contributed by atoms with Crippen molar-refractivity contribution in [1.29, 1.82) is 5.26 Å². The Morgan fingerprint density at radius 3 is 2.55 bits per heavy atom. The van der Waals surface area contributed by atoms with Crippen molar-refractivity contribution in [1.82, 2.24) is 0 Å². The Kier molecular flexibility index (Phi) is 4.35. The number of nitrogens with one attached hydrogen (secondary N) is 1. The van der Waals surface area contributed by atoms with Crippen LogP contribution in [0.1, 0.15) is 15.9 Å². The molecule has 2 rings (SSSR count). The minimum Gasteiger partial charge on any atom is -0.479 e. The lowest BCUT2D eigenvalue weighted by Crippen LogP contribution is -2.13. The van der Waals surface area contributed by atoms with Crippen LogP contribution in [-0.2, 0) is 0 Å². The topological polar surface area (TPSA) is 62.1 Å². The van der Waals surface area contributed by atoms with Crippen LogP contribution in [0, 0.1) is 18.3 Å². The Hall–Kier alpha value is -2.80. The second-order valence-corrected chi connectivity index (χ2v) is 4.24. The number of nitriles is 1. The van der Waals surface area contributed by atoms with E-state index < -0.39 is 0 Å². The van der Waals surface area contributed by atoms with Gasteiger partial charge in [-0.25, -0.2) is 0 Å². The molecule has 0 heterocycles. The Labute approximate surface area is 117 Å². The molecule has 0 radical (unpaired) electrons. The van der Waals surface area contributed by atoms with Crippen LogP contribution in [0.15, 0.2) is 48.5 Å². The molecule has 4 heteroatoms. The molecule has 2 aromatic carbocycles. The summed E-state index contributed by atoms with van der Waals surface area (Å²) in [7, 11) is 0. The summed E-state index contributed by atoms with van der Waals surface area (Å²) in [5.41, 5.74) is 2.26. The lowest BCUT2D eigenvalue weighted by molar-refractivity contribution is 0.102. The molecule has 0 spiro atoms. The fraction of sp³-hybridized carbons (Fsp3) is 0.125. The van der Waals surface area contributed by atoms with Crippen LogP contribution in [0.2, 0.25) is 0 Å². The summed E-state index contributed by atoms with van der Waals surface area (Å²) in [4.78, 5) is 12.1. The third-order valence-corrected chi connectivity index (χ3v) is 2.81. The first-order valence-electron chi connectivity index (χ1n) is 6.17. The van der Waals surface area contributed by atoms with E-state index in [2.05, 4.69) is 5.32 Å². The number of nitrogens with zero attached hydrogens (tertiary/aromatic N) is 1. The highest BCUT2D eigenvalue weighted by molar-refractivity contribution is 6.05. The highest BCUT2D eigenvalue weighted by atomic mass is 16.5. The summed E-state index contributed by atoms with van der Waals surface area (Å²) < 4.78 is 5.15. The van der Waals surface area contributed by atoms with Gasteiger partial charge in [-0.05, 0) is 42.8 Å². The van der Waals surface area contributed by atoms with Crippen LogP contribution < -0.4 is 10.1 Å². The van der Waals surface area contributed by atoms with Crippen molar-refractivity contribution in [2.24, 2.45) is 0 Å². The van der Waals surface area contributed by atoms with Gasteiger partial charge in [0.1, 0.15) is 11.8 Å². The summed E-state index contributed by atoms with van der Waals surface area (Å²) in [6, 6.07) is 16.2. The minimum absolute atomic E-state index is 0.00885. The zero-order chi connectivity index (χ0) is 14.4. The molecule has 0 aliphatic heterocycles. The lowest BCUT2D eigenvalue weighted by Gasteiger charge is -2.08. The van der Waals surface area contributed by atoms with E-state index in [0.717, 1.165) is 5.56 Å². The van der Waals surface area contributed by atoms with Gasteiger partial charge in [-0.1, -0.05) is 18.2 Å². The highest BCUT2D eigenvalue weighted by Crippen LogP contribution is 2.17. The van der Waals surface area contributed by atoms with E-state index in [1.807, 2.05) is 31.2 Å². The SMILES string of the molecule is Cc1ccccc1C(=O)Nc1ccc(OCC#N)cc1. The van der Waals surface area contributed by atoms with Crippen LogP contribution in [0.25, 0.3) is 0 Å². The second kappa shape index (κ2) is 6.39. The largest absolute Gasteiger partial charge is 0.479 e. The third-order valence-electron chi connectivity index (χ3n) is 2.81. The Morgan fingerprint density at radius 1 is 1.20 bits per heavy atom. The maximum absolute atomic E-state index is 12.1. The van der Waals surface area contributed by atoms with Gasteiger partial charge in [0.05, 0.1) is 0 Å². The van der Waals surface area contributed by atoms with Gasteiger partial charge in [0, 0.05) is 11.3 Å². The average molecular weight is 266 g/mol. The first-order valence-corrected chi connectivity index (χ1v) is 6.17. The molecule has 0 saturated heterocycles. The van der Waals surface area contributed by atoms with Crippen molar-refractivity contribution in [3.8, 4) is 11.8 Å². The summed E-state index contributed by atoms with van der Waals surface area (Å²) in [6.45, 7) is 1.91. The van der Waals surface area contributed by atoms with Crippen LogP contribution in [-0.4, -0.2) is 12.5 Å². The number of aryl methyl sites for hydroxylation is 1. The third kappa shape index (κ3) is 3.36. The maximum atomic E-state index is 12.1. The number of carbonyl (C=O) groups is 1. The quantitative estimate of drug-likeness (QED) is 0.924. The number of amides is 1. The van der Waals surface area contributed by atoms with Gasteiger partial charge < -0.3 is 10.1 Å². The number of ether oxygens (including phenoxy) is 1. The average Bonchev–Trinajstić information content (AvgIpc) is 2.47. The molecule has 2 aromatic rings. The first kappa shape index (κ1) is 13.6. The summed E-state index contributed by atoms with van der Waals surface area (Å²) in [5, 5.41) is 11.2. The summed E-state index contributed by atoms with van der Waals surface area (Å²) in [5.74, 6) is 0.453. The maximum Gasteiger partial charge on any atom is 0.255 e. The standard InChI is InChI=1S/C16H14N2O2/c1-12-4-2-3-5-15(12)16(19)18-13-6-8-14(9-7-13)20-11-10-17/h2-9H,11H2,1H3,(H,18,19). The van der Waals surface area contributed by atoms with Crippen molar-refractivity contribution in [2.45, 2.75) is 6.92 Å². The minimum atomic E-state index is -0.145. The van der Waals surface area contributed by atoms with E-state index in [-0.39, 0.29) is 12.5 Å². The number of hydrogen-bond acceptors (Lipinski definition) is 3. The number of carbonyl (C=O) groups excluding carboxylic acids is 1. The van der Waals surface area contributed by atoms with Crippen LogP contribution in [0.3, 0.4) is 0 Å². The van der Waals surface area contributed by atoms with Crippen molar-refractivity contribution in [3.63, 3.8) is 0 Å². The van der Waals surface area contributed by atoms with Crippen LogP contribution in [0.5, 0.6) is 5.75 Å². The molecule has 1 amide bonds. The van der Waals surface area contributed by atoms with Gasteiger partial charge in [0.2, 0.25) is 0 Å². The smallest absolute Gasteiger partial charge is 0.255 e. The van der Waals surface area contributed by atoms with E-state index in [0.29, 0.717) is 17.0 Å². The van der Waals surface area contributed by atoms with Gasteiger partial charge in [0.25, 0.3) is 5.91 Å². The molecule has 20 heavy (non-hydrogen) atoms. The van der Waals surface area contributed by atoms with Crippen molar-refractivity contribution < 1.29 is 9.53 Å². The molecule has 0 unspecified atom stereocenters. The molecule has 1 N–H and O–H groups in total. The zero-order valence-electron chi connectivity index (χ0n) is 11.1. The molecule has 0 aliphatic carbocycles. The number of hydrogen-bond donors (Lipinski definition) is 1. The van der Waals surface area contributed by atoms with Crippen LogP contribution in [0.4, 0.5) is 5.69 Å². The Bertz CT molecular complexity index is 642. The zero-order valence-corrected chi connectivity index (χ0v) is 11.1. The Balaban J connectivity index is 2.05. The predicted molar refractivity (Wildman–Crippen MR) is 76.7 cm³/mol. The van der Waals surface area contributed by atoms with Crippen molar-refractivity contribution in [3.05, 3.63) is 59.7 Å². The van der Waals surface area contributed by atoms with E-state index in [4.69, 9.17) is 10.00 Å². The molecular weight excluding hydrogens is 252 g/mol. The molecule has 4 nitrogen and oxygen atoms in total. The fourth-order valence-corrected chi connectivity index (χ4v) is 1.78. The van der Waals surface area contributed by atoms with E-state index in [1.54, 1.807) is 30.3 Å². The van der Waals surface area contributed by atoms with Crippen LogP contribution >= 0.6 is 0 Å². The first-order chi connectivity index (χ1) is 9.70. The van der Waals surface area contributed by atoms with Gasteiger partial charge in [-0.2, -0.15) is 5.26 Å². The van der Waals surface area contributed by atoms with Gasteiger partial charge in [-0.15, -0.1) is 0 Å². The van der Waals surface area contributed by atoms with E-state index in [1.165, 1.54) is 0 Å². The van der Waals surface area contributed by atoms with Gasteiger partial charge in [-0.3, -0.25) is 4.79 Å². The monoisotopic (exact) mass is 266 g/mol. The van der Waals surface area contributed by atoms with Crippen molar-refractivity contribution >= 4 is 11.6 Å². The normalized spacial score (nSPS) is 9.60. The van der Waals surface area contributed by atoms with E-state index >= 15 is 0 Å². The molecule has 0 aliphatic rings.